The topological polar surface area (TPSA) is 209 Å². The quantitative estimate of drug-likeness (QED) is 0.164. The van der Waals surface area contributed by atoms with E-state index in [1.54, 1.807) is 41.5 Å². The first-order chi connectivity index (χ1) is 22.5. The van der Waals surface area contributed by atoms with E-state index in [9.17, 15) is 44.7 Å². The number of carbonyl (C=O) groups excluding carboxylic acids is 4. The second-order valence-electron chi connectivity index (χ2n) is 17.0. The number of rotatable bonds is 6. The number of nitrogens with one attached hydrogen (secondary N) is 1. The number of carbonyl (C=O) groups is 4. The molecule has 0 aromatic rings. The molecule has 3 saturated carbocycles. The van der Waals surface area contributed by atoms with Gasteiger partial charge in [-0.3, -0.25) is 14.4 Å². The summed E-state index contributed by atoms with van der Waals surface area (Å²) >= 11 is 0. The average Bonchev–Trinajstić information content (AvgIpc) is 3.01. The molecule has 13 nitrogen and oxygen atoms in total. The van der Waals surface area contributed by atoms with Crippen molar-refractivity contribution < 1.29 is 147 Å². The number of fused-ring (bicyclic) bond motifs is 5. The number of esters is 2. The maximum atomic E-state index is 14.4. The van der Waals surface area contributed by atoms with Gasteiger partial charge in [0.15, 0.2) is 11.9 Å². The Labute approximate surface area is 371 Å². The molecule has 6 N–H and O–H groups in total. The number of aliphatic hydroxyl groups excluding tert-OH is 3. The third kappa shape index (κ3) is 7.65. The predicted octanol–water partition coefficient (Wildman–Crippen LogP) is 1.24. The number of hydrogen-bond acceptors (Lipinski definition) is 12. The van der Waals surface area contributed by atoms with E-state index in [-0.39, 0.29) is 124 Å². The van der Waals surface area contributed by atoms with Crippen LogP contribution >= 0.6 is 0 Å². The molecule has 1 heterocycles. The van der Waals surface area contributed by atoms with Crippen LogP contribution in [0, 0.1) is 116 Å². The van der Waals surface area contributed by atoms with Gasteiger partial charge in [0.2, 0.25) is 5.91 Å². The summed E-state index contributed by atoms with van der Waals surface area (Å²) in [6.45, 7) is 12.1. The summed E-state index contributed by atoms with van der Waals surface area (Å²) < 4.78 is 17.4. The van der Waals surface area contributed by atoms with Crippen molar-refractivity contribution in [3.05, 3.63) is 11.1 Å². The zero-order valence-corrected chi connectivity index (χ0v) is 40.6. The van der Waals surface area contributed by atoms with Gasteiger partial charge in [-0.1, -0.05) is 53.9 Å². The molecule has 5 aliphatic rings. The molecule has 4 aliphatic carbocycles. The molecular weight excluding hydrogens is 1090 g/mol. The Hall–Kier alpha value is 0.463. The van der Waals surface area contributed by atoms with Gasteiger partial charge in [0.05, 0.1) is 30.3 Å². The predicted molar refractivity (Wildman–Crippen MR) is 173 cm³/mol. The Morgan fingerprint density at radius 3 is 2.10 bits per heavy atom. The molecule has 5 rings (SSSR count). The van der Waals surface area contributed by atoms with Crippen LogP contribution < -0.4 is 5.32 Å². The molecule has 1 aliphatic heterocycles. The largest absolute Gasteiger partial charge is 0.459 e. The van der Waals surface area contributed by atoms with Crippen molar-refractivity contribution in [1.29, 1.82) is 0 Å². The van der Waals surface area contributed by atoms with E-state index in [4.69, 9.17) is 14.2 Å². The van der Waals surface area contributed by atoms with E-state index < -0.39 is 100 Å². The molecule has 0 spiro atoms. The van der Waals surface area contributed by atoms with Crippen LogP contribution in [0.25, 0.3) is 0 Å². The first kappa shape index (κ1) is 45.8. The SMILES string of the molecule is CC(=O)O[C@H]1[C@@H]2[C@]3(O)CO[C@@H]3C[C@H](O)[C@@]2(C)C(=O)[C@H](O)C2=C(C)C(OC(=O)[C@H](O)[C@@H](NC(=O)C(C)(C)C)C3CCCCC3)C[C@]1(O)C2(C)C.[Ac].[Ac]. The summed E-state index contributed by atoms with van der Waals surface area (Å²) in [5.41, 5.74) is -7.92. The van der Waals surface area contributed by atoms with E-state index in [0.717, 1.165) is 26.2 Å². The van der Waals surface area contributed by atoms with Crippen molar-refractivity contribution >= 4 is 23.6 Å². The van der Waals surface area contributed by atoms with Gasteiger partial charge in [0.1, 0.15) is 29.5 Å². The minimum absolute atomic E-state index is 0. The zero-order chi connectivity index (χ0) is 36.6. The van der Waals surface area contributed by atoms with Gasteiger partial charge in [-0.25, -0.2) is 4.79 Å². The minimum Gasteiger partial charge on any atom is -0.459 e. The fourth-order valence-corrected chi connectivity index (χ4v) is 9.47. The molecule has 15 heteroatoms. The Morgan fingerprint density at radius 2 is 1.59 bits per heavy atom. The molecule has 2 radical (unpaired) electrons. The third-order valence-electron chi connectivity index (χ3n) is 12.6. The zero-order valence-electron chi connectivity index (χ0n) is 31.1. The summed E-state index contributed by atoms with van der Waals surface area (Å²) in [6.07, 6.45) is -5.39. The number of Topliss-reactive ketones (excluding diaryl/α,β-unsaturated/α-hetero) is 1. The first-order valence-electron chi connectivity index (χ1n) is 17.6. The number of aliphatic hydroxyl groups is 5. The normalized spacial score (nSPS) is 38.8. The number of ketones is 1. The van der Waals surface area contributed by atoms with E-state index in [0.29, 0.717) is 12.8 Å². The molecule has 1 amide bonds. The number of ether oxygens (including phenoxy) is 3. The maximum Gasteiger partial charge on any atom is 0.337 e. The van der Waals surface area contributed by atoms with E-state index in [1.165, 1.54) is 6.92 Å². The summed E-state index contributed by atoms with van der Waals surface area (Å²) in [4.78, 5) is 54.1. The summed E-state index contributed by atoms with van der Waals surface area (Å²) in [5.74, 6) is -4.70. The van der Waals surface area contributed by atoms with E-state index in [2.05, 4.69) is 5.32 Å². The third-order valence-corrected chi connectivity index (χ3v) is 12.6. The molecule has 2 bridgehead atoms. The number of amides is 1. The second-order valence-corrected chi connectivity index (χ2v) is 17.0. The fourth-order valence-electron chi connectivity index (χ4n) is 9.47. The van der Waals surface area contributed by atoms with Crippen LogP contribution in [0.3, 0.4) is 0 Å². The van der Waals surface area contributed by atoms with Crippen LogP contribution in [0.5, 0.6) is 0 Å². The van der Waals surface area contributed by atoms with Crippen LogP contribution in [-0.2, 0) is 33.4 Å². The standard InChI is InChI=1S/C36H55NO12.2Ac/c1-17-20(49-30(43)26(41)24(19-12-10-9-11-13-19)37-31(44)32(3,4)5)15-36(46)29(48-18(2)38)27-34(8,21(39)14-22-35(27,45)16-47-22)28(42)25(40)23(17)33(36,6)7;;/h19-22,24-27,29,39-41,45-46H,9-16H2,1-8H3,(H,37,44);;/t20?,21-,22+,24-,25+,26+,27-,29-,34+,35-,36+;;/m0../s1. The van der Waals surface area contributed by atoms with Crippen molar-refractivity contribution in [2.45, 2.75) is 154 Å². The Bertz CT molecular complexity index is 1410. The fraction of sp³-hybridized carbons (Fsp3) is 0.833. The first-order valence-corrected chi connectivity index (χ1v) is 17.6. The van der Waals surface area contributed by atoms with Gasteiger partial charge in [-0.2, -0.15) is 0 Å². The average molecular weight is 1150 g/mol. The maximum absolute atomic E-state index is 14.4. The Morgan fingerprint density at radius 1 is 1.00 bits per heavy atom. The molecule has 282 valence electrons. The molecule has 51 heavy (non-hydrogen) atoms. The molecule has 4 fully saturated rings. The van der Waals surface area contributed by atoms with Crippen LogP contribution in [-0.4, -0.2) is 110 Å². The molecule has 0 aromatic heterocycles. The monoisotopic (exact) mass is 1150 g/mol. The Kier molecular flexibility index (Phi) is 14.5. The van der Waals surface area contributed by atoms with E-state index >= 15 is 0 Å². The van der Waals surface area contributed by atoms with Crippen molar-refractivity contribution in [3.8, 4) is 0 Å². The molecule has 1 saturated heterocycles. The van der Waals surface area contributed by atoms with Crippen molar-refractivity contribution in [1.82, 2.24) is 5.32 Å². The summed E-state index contributed by atoms with van der Waals surface area (Å²) in [5, 5.41) is 62.6. The van der Waals surface area contributed by atoms with Crippen LogP contribution in [0.1, 0.15) is 100 Å². The summed E-state index contributed by atoms with van der Waals surface area (Å²) in [6, 6.07) is -0.948. The van der Waals surface area contributed by atoms with Crippen molar-refractivity contribution in [2.24, 2.45) is 28.1 Å². The minimum atomic E-state index is -2.19. The van der Waals surface area contributed by atoms with Gasteiger partial charge in [-0.05, 0) is 43.8 Å². The second kappa shape index (κ2) is 16.1. The van der Waals surface area contributed by atoms with Gasteiger partial charge in [0, 0.05) is 125 Å². The molecule has 1 unspecified atom stereocenters. The van der Waals surface area contributed by atoms with Crippen molar-refractivity contribution in [3.63, 3.8) is 0 Å². The molecular formula is C36H55Ac2NO12. The molecule has 11 atom stereocenters. The Balaban J connectivity index is 0.00000351. The summed E-state index contributed by atoms with van der Waals surface area (Å²) in [7, 11) is 0. The van der Waals surface area contributed by atoms with Crippen LogP contribution in [0.15, 0.2) is 11.1 Å². The smallest absolute Gasteiger partial charge is 0.337 e. The van der Waals surface area contributed by atoms with Gasteiger partial charge < -0.3 is 45.1 Å². The van der Waals surface area contributed by atoms with Gasteiger partial charge >= 0.3 is 11.9 Å². The van der Waals surface area contributed by atoms with Crippen molar-refractivity contribution in [2.75, 3.05) is 6.61 Å². The van der Waals surface area contributed by atoms with Crippen LogP contribution in [0.4, 0.5) is 0 Å². The van der Waals surface area contributed by atoms with E-state index in [1.807, 2.05) is 0 Å². The van der Waals surface area contributed by atoms with Gasteiger partial charge in [-0.15, -0.1) is 0 Å². The van der Waals surface area contributed by atoms with Gasteiger partial charge in [0.25, 0.3) is 0 Å². The number of hydrogen-bond donors (Lipinski definition) is 6. The van der Waals surface area contributed by atoms with Crippen LogP contribution in [0.2, 0.25) is 0 Å². The molecule has 0 aromatic carbocycles.